The van der Waals surface area contributed by atoms with E-state index >= 15 is 0 Å². The van der Waals surface area contributed by atoms with Gasteiger partial charge in [0.1, 0.15) is 0 Å². The van der Waals surface area contributed by atoms with Crippen LogP contribution in [-0.4, -0.2) is 0 Å². The van der Waals surface area contributed by atoms with Gasteiger partial charge in [0.05, 0.1) is 0 Å². The first-order valence-corrected chi connectivity index (χ1v) is 8.35. The average molecular weight is 250 g/mol. The van der Waals surface area contributed by atoms with Gasteiger partial charge < -0.3 is 0 Å². The van der Waals surface area contributed by atoms with E-state index in [4.69, 9.17) is 0 Å². The Bertz CT molecular complexity index is 214. The molecular formula is C18H34. The minimum absolute atomic E-state index is 0.791. The Morgan fingerprint density at radius 3 is 2.06 bits per heavy atom. The van der Waals surface area contributed by atoms with Crippen molar-refractivity contribution in [2.45, 2.75) is 79.1 Å². The summed E-state index contributed by atoms with van der Waals surface area (Å²) in [5, 5.41) is 0. The highest BCUT2D eigenvalue weighted by Crippen LogP contribution is 2.35. The highest BCUT2D eigenvalue weighted by atomic mass is 14.3. The zero-order valence-corrected chi connectivity index (χ0v) is 13.1. The monoisotopic (exact) mass is 250 g/mol. The molecule has 0 aromatic carbocycles. The normalized spacial score (nSPS) is 25.6. The average Bonchev–Trinajstić information content (AvgIpc) is 2.33. The lowest BCUT2D eigenvalue weighted by Crippen LogP contribution is -2.19. The van der Waals surface area contributed by atoms with E-state index in [1.165, 1.54) is 51.4 Å². The smallest absolute Gasteiger partial charge is 0.0228 e. The van der Waals surface area contributed by atoms with Gasteiger partial charge in [0.2, 0.25) is 0 Å². The predicted octanol–water partition coefficient (Wildman–Crippen LogP) is 6.22. The number of hydrogen-bond acceptors (Lipinski definition) is 0. The van der Waals surface area contributed by atoms with E-state index in [0.29, 0.717) is 0 Å². The van der Waals surface area contributed by atoms with Crippen molar-refractivity contribution in [1.29, 1.82) is 0 Å². The maximum absolute atomic E-state index is 2.53. The predicted molar refractivity (Wildman–Crippen MR) is 82.7 cm³/mol. The standard InChI is InChI=1S/C18H34/c1-5-7-9-18(10-8-6-2)16(4)11-12-17-13-15(3)14-17/h11-12,15-18H,5-10,13-14H2,1-4H3. The highest BCUT2D eigenvalue weighted by Gasteiger charge is 2.23. The Morgan fingerprint density at radius 2 is 1.61 bits per heavy atom. The summed E-state index contributed by atoms with van der Waals surface area (Å²) in [5.74, 6) is 3.60. The van der Waals surface area contributed by atoms with Crippen LogP contribution in [0.4, 0.5) is 0 Å². The van der Waals surface area contributed by atoms with E-state index in [9.17, 15) is 0 Å². The molecule has 1 atom stereocenters. The lowest BCUT2D eigenvalue weighted by Gasteiger charge is -2.31. The van der Waals surface area contributed by atoms with Crippen molar-refractivity contribution in [2.75, 3.05) is 0 Å². The molecule has 1 saturated carbocycles. The molecule has 1 unspecified atom stereocenters. The fraction of sp³-hybridized carbons (Fsp3) is 0.889. The van der Waals surface area contributed by atoms with Crippen molar-refractivity contribution < 1.29 is 0 Å². The molecule has 0 aliphatic heterocycles. The van der Waals surface area contributed by atoms with Gasteiger partial charge >= 0.3 is 0 Å². The van der Waals surface area contributed by atoms with Crippen LogP contribution in [0.1, 0.15) is 79.1 Å². The van der Waals surface area contributed by atoms with Crippen LogP contribution in [-0.2, 0) is 0 Å². The molecule has 0 aromatic heterocycles. The van der Waals surface area contributed by atoms with Crippen molar-refractivity contribution in [2.24, 2.45) is 23.7 Å². The van der Waals surface area contributed by atoms with Gasteiger partial charge in [-0.25, -0.2) is 0 Å². The summed E-state index contributed by atoms with van der Waals surface area (Å²) in [6, 6.07) is 0. The Labute approximate surface area is 115 Å². The van der Waals surface area contributed by atoms with E-state index in [1.54, 1.807) is 0 Å². The fourth-order valence-electron chi connectivity index (χ4n) is 3.21. The molecule has 0 heteroatoms. The van der Waals surface area contributed by atoms with Gasteiger partial charge in [-0.05, 0) is 49.4 Å². The Balaban J connectivity index is 2.34. The van der Waals surface area contributed by atoms with Crippen LogP contribution in [0, 0.1) is 23.7 Å². The second kappa shape index (κ2) is 8.77. The molecule has 0 N–H and O–H groups in total. The molecule has 0 amide bonds. The van der Waals surface area contributed by atoms with E-state index in [1.807, 2.05) is 0 Å². The van der Waals surface area contributed by atoms with E-state index in [-0.39, 0.29) is 0 Å². The molecule has 0 heterocycles. The third-order valence-corrected chi connectivity index (χ3v) is 4.70. The quantitative estimate of drug-likeness (QED) is 0.426. The summed E-state index contributed by atoms with van der Waals surface area (Å²) in [6.07, 6.45) is 16.3. The Morgan fingerprint density at radius 1 is 1.06 bits per heavy atom. The molecular weight excluding hydrogens is 216 g/mol. The summed E-state index contributed by atoms with van der Waals surface area (Å²) in [4.78, 5) is 0. The molecule has 0 radical (unpaired) electrons. The molecule has 1 fully saturated rings. The molecule has 18 heavy (non-hydrogen) atoms. The topological polar surface area (TPSA) is 0 Å². The summed E-state index contributed by atoms with van der Waals surface area (Å²) >= 11 is 0. The molecule has 1 aliphatic rings. The first-order chi connectivity index (χ1) is 8.67. The van der Waals surface area contributed by atoms with Crippen molar-refractivity contribution in [3.63, 3.8) is 0 Å². The molecule has 0 bridgehead atoms. The maximum atomic E-state index is 2.53. The number of hydrogen-bond donors (Lipinski definition) is 0. The lowest BCUT2D eigenvalue weighted by molar-refractivity contribution is 0.260. The zero-order valence-electron chi connectivity index (χ0n) is 13.1. The lowest BCUT2D eigenvalue weighted by atomic mass is 9.75. The molecule has 1 rings (SSSR count). The van der Waals surface area contributed by atoms with Crippen LogP contribution < -0.4 is 0 Å². The fourth-order valence-corrected chi connectivity index (χ4v) is 3.21. The SMILES string of the molecule is CCCCC(CCCC)C(C)C=CC1CC(C)C1. The molecule has 0 saturated heterocycles. The summed E-state index contributed by atoms with van der Waals surface area (Å²) in [5.41, 5.74) is 0. The van der Waals surface area contributed by atoms with Gasteiger partial charge in [0.15, 0.2) is 0 Å². The van der Waals surface area contributed by atoms with E-state index < -0.39 is 0 Å². The van der Waals surface area contributed by atoms with Crippen molar-refractivity contribution in [1.82, 2.24) is 0 Å². The third kappa shape index (κ3) is 5.59. The van der Waals surface area contributed by atoms with Gasteiger partial charge in [-0.1, -0.05) is 65.5 Å². The van der Waals surface area contributed by atoms with Crippen molar-refractivity contribution in [3.05, 3.63) is 12.2 Å². The van der Waals surface area contributed by atoms with Crippen molar-refractivity contribution >= 4 is 0 Å². The summed E-state index contributed by atoms with van der Waals surface area (Å²) in [7, 11) is 0. The van der Waals surface area contributed by atoms with Crippen molar-refractivity contribution in [3.8, 4) is 0 Å². The third-order valence-electron chi connectivity index (χ3n) is 4.70. The Kier molecular flexibility index (Phi) is 7.70. The highest BCUT2D eigenvalue weighted by molar-refractivity contribution is 4.98. The number of rotatable bonds is 9. The largest absolute Gasteiger partial charge is 0.0851 e. The van der Waals surface area contributed by atoms with Gasteiger partial charge in [0, 0.05) is 0 Å². The van der Waals surface area contributed by atoms with Gasteiger partial charge in [-0.3, -0.25) is 0 Å². The molecule has 1 aliphatic carbocycles. The van der Waals surface area contributed by atoms with Crippen LogP contribution in [0.2, 0.25) is 0 Å². The number of allylic oxidation sites excluding steroid dienone is 2. The van der Waals surface area contributed by atoms with Crippen LogP contribution in [0.5, 0.6) is 0 Å². The molecule has 106 valence electrons. The van der Waals surface area contributed by atoms with Gasteiger partial charge in [0.25, 0.3) is 0 Å². The van der Waals surface area contributed by atoms with Crippen LogP contribution >= 0.6 is 0 Å². The van der Waals surface area contributed by atoms with Crippen LogP contribution in [0.25, 0.3) is 0 Å². The van der Waals surface area contributed by atoms with Gasteiger partial charge in [-0.2, -0.15) is 0 Å². The van der Waals surface area contributed by atoms with E-state index in [2.05, 4.69) is 39.8 Å². The molecule has 0 nitrogen and oxygen atoms in total. The van der Waals surface area contributed by atoms with E-state index in [0.717, 1.165) is 23.7 Å². The van der Waals surface area contributed by atoms with Gasteiger partial charge in [-0.15, -0.1) is 0 Å². The summed E-state index contributed by atoms with van der Waals surface area (Å²) in [6.45, 7) is 9.44. The first kappa shape index (κ1) is 15.8. The second-order valence-corrected chi connectivity index (χ2v) is 6.63. The maximum Gasteiger partial charge on any atom is -0.0228 e. The summed E-state index contributed by atoms with van der Waals surface area (Å²) < 4.78 is 0. The minimum Gasteiger partial charge on any atom is -0.0851 e. The second-order valence-electron chi connectivity index (χ2n) is 6.63. The number of unbranched alkanes of at least 4 members (excludes halogenated alkanes) is 2. The molecule has 0 aromatic rings. The van der Waals surface area contributed by atoms with Crippen LogP contribution in [0.15, 0.2) is 12.2 Å². The first-order valence-electron chi connectivity index (χ1n) is 8.35. The Hall–Kier alpha value is -0.260. The molecule has 0 spiro atoms. The zero-order chi connectivity index (χ0) is 13.4. The van der Waals surface area contributed by atoms with Crippen LogP contribution in [0.3, 0.4) is 0 Å². The minimum atomic E-state index is 0.791.